The van der Waals surface area contributed by atoms with Gasteiger partial charge in [-0.2, -0.15) is 0 Å². The maximum absolute atomic E-state index is 13.3. The van der Waals surface area contributed by atoms with Crippen molar-refractivity contribution in [3.8, 4) is 17.2 Å². The number of para-hydroxylation sites is 1. The van der Waals surface area contributed by atoms with E-state index in [0.717, 1.165) is 16.5 Å². The van der Waals surface area contributed by atoms with E-state index in [1.807, 2.05) is 44.2 Å². The number of hydrogen-bond acceptors (Lipinski definition) is 6. The van der Waals surface area contributed by atoms with Crippen LogP contribution in [0.3, 0.4) is 0 Å². The minimum absolute atomic E-state index is 0.114. The van der Waals surface area contributed by atoms with Gasteiger partial charge in [0, 0.05) is 33.1 Å². The molecular formula is C35H33Cl2N3O6S. The molecule has 1 aromatic heterocycles. The number of nitrogens with one attached hydrogen (secondary N) is 3. The number of H-pyrrole nitrogens is 1. The van der Waals surface area contributed by atoms with E-state index in [0.29, 0.717) is 63.4 Å². The summed E-state index contributed by atoms with van der Waals surface area (Å²) < 4.78 is 39.6. The summed E-state index contributed by atoms with van der Waals surface area (Å²) in [4.78, 5) is 29.1. The zero-order chi connectivity index (χ0) is 33.6. The quantitative estimate of drug-likeness (QED) is 0.110. The Hall–Kier alpha value is -4.51. The van der Waals surface area contributed by atoms with Gasteiger partial charge in [0.1, 0.15) is 22.9 Å². The van der Waals surface area contributed by atoms with Crippen LogP contribution in [0, 0.1) is 13.8 Å². The van der Waals surface area contributed by atoms with Gasteiger partial charge in [0.15, 0.2) is 0 Å². The van der Waals surface area contributed by atoms with Crippen LogP contribution in [-0.4, -0.2) is 44.1 Å². The minimum atomic E-state index is -4.11. The summed E-state index contributed by atoms with van der Waals surface area (Å²) in [5, 5.41) is 4.50. The van der Waals surface area contributed by atoms with Gasteiger partial charge in [-0.1, -0.05) is 53.5 Å². The third kappa shape index (κ3) is 8.85. The summed E-state index contributed by atoms with van der Waals surface area (Å²) in [6, 6.07) is 24.6. The lowest BCUT2D eigenvalue weighted by Gasteiger charge is -2.11. The molecule has 0 fully saturated rings. The molecule has 0 aliphatic carbocycles. The molecule has 1 heterocycles. The van der Waals surface area contributed by atoms with E-state index in [-0.39, 0.29) is 12.2 Å². The summed E-state index contributed by atoms with van der Waals surface area (Å²) >= 11 is 12.4. The highest BCUT2D eigenvalue weighted by molar-refractivity contribution is 7.90. The number of aryl methyl sites for hydroxylation is 3. The fourth-order valence-corrected chi connectivity index (χ4v) is 6.22. The van der Waals surface area contributed by atoms with Crippen molar-refractivity contribution in [1.82, 2.24) is 15.0 Å². The van der Waals surface area contributed by atoms with Crippen molar-refractivity contribution in [2.45, 2.75) is 26.7 Å². The monoisotopic (exact) mass is 693 g/mol. The predicted octanol–water partition coefficient (Wildman–Crippen LogP) is 7.39. The molecule has 0 aliphatic heterocycles. The molecule has 47 heavy (non-hydrogen) atoms. The van der Waals surface area contributed by atoms with Crippen molar-refractivity contribution >= 4 is 55.9 Å². The fourth-order valence-electron chi connectivity index (χ4n) is 5.08. The summed E-state index contributed by atoms with van der Waals surface area (Å²) in [5.41, 5.74) is 3.48. The number of ether oxygens (including phenoxy) is 2. The molecule has 0 bridgehead atoms. The number of sulfonamides is 1. The second-order valence-corrected chi connectivity index (χ2v) is 13.6. The summed E-state index contributed by atoms with van der Waals surface area (Å²) in [6.45, 7) is 3.96. The maximum Gasteiger partial charge on any atom is 0.281 e. The largest absolute Gasteiger partial charge is 0.494 e. The van der Waals surface area contributed by atoms with E-state index in [1.165, 1.54) is 0 Å². The van der Waals surface area contributed by atoms with Gasteiger partial charge in [0.25, 0.3) is 11.8 Å². The molecule has 12 heteroatoms. The van der Waals surface area contributed by atoms with Crippen LogP contribution in [0.4, 0.5) is 0 Å². The van der Waals surface area contributed by atoms with Gasteiger partial charge in [-0.3, -0.25) is 9.59 Å². The third-order valence-corrected chi connectivity index (χ3v) is 9.39. The van der Waals surface area contributed by atoms with E-state index in [4.69, 9.17) is 32.7 Å². The average Bonchev–Trinajstić information content (AvgIpc) is 3.39. The maximum atomic E-state index is 13.3. The zero-order valence-electron chi connectivity index (χ0n) is 25.7. The Kier molecular flexibility index (Phi) is 10.8. The highest BCUT2D eigenvalue weighted by atomic mass is 35.5. The van der Waals surface area contributed by atoms with Gasteiger partial charge < -0.3 is 19.8 Å². The zero-order valence-corrected chi connectivity index (χ0v) is 28.1. The van der Waals surface area contributed by atoms with Crippen molar-refractivity contribution in [3.63, 3.8) is 0 Å². The van der Waals surface area contributed by atoms with Crippen LogP contribution in [0.15, 0.2) is 84.9 Å². The fraction of sp³-hybridized carbons (Fsp3) is 0.200. The van der Waals surface area contributed by atoms with Gasteiger partial charge in [-0.05, 0) is 98.0 Å². The first-order chi connectivity index (χ1) is 22.5. The van der Waals surface area contributed by atoms with E-state index in [2.05, 4.69) is 15.0 Å². The van der Waals surface area contributed by atoms with Crippen LogP contribution in [0.5, 0.6) is 17.2 Å². The standard InChI is InChI=1S/C35H33Cl2N3O6S/c1-22-18-28(19-23(2)32(22)37)45-16-7-12-30-29-14-13-25(36)21-31(29)39-33(30)35(42)40-47(43,44)17-15-38-34(41)24-8-6-11-27(20-24)46-26-9-4-3-5-10-26/h3-6,8-11,13-14,18-21,39H,7,12,15-17H2,1-2H3,(H,38,41)(H,40,42). The van der Waals surface area contributed by atoms with Crippen LogP contribution >= 0.6 is 23.2 Å². The Morgan fingerprint density at radius 1 is 0.830 bits per heavy atom. The first kappa shape index (κ1) is 33.8. The normalized spacial score (nSPS) is 11.3. The summed E-state index contributed by atoms with van der Waals surface area (Å²) in [5.74, 6) is -0.0371. The third-order valence-electron chi connectivity index (χ3n) is 7.32. The SMILES string of the molecule is Cc1cc(OCCCc2c(C(=O)NS(=O)(=O)CCNC(=O)c3cccc(Oc4ccccc4)c3)[nH]c3cc(Cl)ccc23)cc(C)c1Cl. The molecule has 0 atom stereocenters. The van der Waals surface area contributed by atoms with Crippen LogP contribution < -0.4 is 19.5 Å². The molecule has 0 saturated heterocycles. The number of rotatable bonds is 13. The Morgan fingerprint density at radius 2 is 1.55 bits per heavy atom. The molecule has 0 unspecified atom stereocenters. The molecule has 9 nitrogen and oxygen atoms in total. The first-order valence-corrected chi connectivity index (χ1v) is 17.3. The smallest absolute Gasteiger partial charge is 0.281 e. The van der Waals surface area contributed by atoms with Crippen molar-refractivity contribution in [1.29, 1.82) is 0 Å². The molecule has 0 aliphatic rings. The van der Waals surface area contributed by atoms with Gasteiger partial charge in [-0.15, -0.1) is 0 Å². The number of aromatic nitrogens is 1. The molecular weight excluding hydrogens is 661 g/mol. The van der Waals surface area contributed by atoms with E-state index >= 15 is 0 Å². The van der Waals surface area contributed by atoms with Gasteiger partial charge in [-0.25, -0.2) is 13.1 Å². The Morgan fingerprint density at radius 3 is 2.30 bits per heavy atom. The first-order valence-electron chi connectivity index (χ1n) is 14.8. The number of amides is 2. The summed E-state index contributed by atoms with van der Waals surface area (Å²) in [7, 11) is -4.11. The van der Waals surface area contributed by atoms with Crippen molar-refractivity contribution < 1.29 is 27.5 Å². The molecule has 5 aromatic rings. The van der Waals surface area contributed by atoms with E-state index < -0.39 is 27.6 Å². The summed E-state index contributed by atoms with van der Waals surface area (Å²) in [6.07, 6.45) is 0.978. The second kappa shape index (κ2) is 14.9. The molecule has 4 aromatic carbocycles. The van der Waals surface area contributed by atoms with Crippen molar-refractivity contribution in [2.24, 2.45) is 0 Å². The number of fused-ring (bicyclic) bond motifs is 1. The van der Waals surface area contributed by atoms with Gasteiger partial charge >= 0.3 is 0 Å². The second-order valence-electron chi connectivity index (χ2n) is 10.9. The Labute approximate surface area is 283 Å². The number of benzene rings is 4. The predicted molar refractivity (Wildman–Crippen MR) is 185 cm³/mol. The van der Waals surface area contributed by atoms with Gasteiger partial charge in [0.2, 0.25) is 10.0 Å². The average molecular weight is 695 g/mol. The molecule has 5 rings (SSSR count). The lowest BCUT2D eigenvalue weighted by molar-refractivity contribution is 0.0954. The molecule has 3 N–H and O–H groups in total. The van der Waals surface area contributed by atoms with Crippen molar-refractivity contribution in [2.75, 3.05) is 18.9 Å². The molecule has 0 saturated carbocycles. The number of halogens is 2. The highest BCUT2D eigenvalue weighted by Crippen LogP contribution is 2.28. The lowest BCUT2D eigenvalue weighted by Crippen LogP contribution is -2.37. The topological polar surface area (TPSA) is 127 Å². The van der Waals surface area contributed by atoms with Crippen LogP contribution in [0.2, 0.25) is 10.0 Å². The van der Waals surface area contributed by atoms with Crippen LogP contribution in [0.25, 0.3) is 10.9 Å². The van der Waals surface area contributed by atoms with Crippen LogP contribution in [0.1, 0.15) is 44.0 Å². The Bertz CT molecular complexity index is 2010. The minimum Gasteiger partial charge on any atom is -0.494 e. The molecule has 2 amide bonds. The number of hydrogen-bond donors (Lipinski definition) is 3. The van der Waals surface area contributed by atoms with Crippen LogP contribution in [-0.2, 0) is 16.4 Å². The van der Waals surface area contributed by atoms with E-state index in [1.54, 1.807) is 54.6 Å². The number of carbonyl (C=O) groups excluding carboxylic acids is 2. The number of aromatic amines is 1. The van der Waals surface area contributed by atoms with Gasteiger partial charge in [0.05, 0.1) is 12.4 Å². The Balaban J connectivity index is 1.19. The molecule has 244 valence electrons. The lowest BCUT2D eigenvalue weighted by atomic mass is 10.1. The van der Waals surface area contributed by atoms with Crippen molar-refractivity contribution in [3.05, 3.63) is 123 Å². The molecule has 0 spiro atoms. The number of carbonyl (C=O) groups is 2. The molecule has 0 radical (unpaired) electrons. The highest BCUT2D eigenvalue weighted by Gasteiger charge is 2.23. The van der Waals surface area contributed by atoms with E-state index in [9.17, 15) is 18.0 Å².